The van der Waals surface area contributed by atoms with Gasteiger partial charge in [0.05, 0.1) is 23.7 Å². The van der Waals surface area contributed by atoms with Gasteiger partial charge in [0.2, 0.25) is 5.91 Å². The van der Waals surface area contributed by atoms with Crippen LogP contribution in [0.15, 0.2) is 48.9 Å². The molecule has 2 aromatic heterocycles. The SMILES string of the molecule is Cc1ncc(CNC(=O)Cc2ccc(-n3cccn3)cc2)s1. The molecule has 5 nitrogen and oxygen atoms in total. The summed E-state index contributed by atoms with van der Waals surface area (Å²) in [6, 6.07) is 9.70. The highest BCUT2D eigenvalue weighted by molar-refractivity contribution is 7.11. The van der Waals surface area contributed by atoms with E-state index in [4.69, 9.17) is 0 Å². The van der Waals surface area contributed by atoms with Crippen LogP contribution in [0.5, 0.6) is 0 Å². The van der Waals surface area contributed by atoms with Crippen LogP contribution in [-0.4, -0.2) is 20.7 Å². The summed E-state index contributed by atoms with van der Waals surface area (Å²) in [6.07, 6.45) is 5.80. The maximum Gasteiger partial charge on any atom is 0.224 e. The molecule has 0 bridgehead atoms. The van der Waals surface area contributed by atoms with Crippen molar-refractivity contribution in [2.75, 3.05) is 0 Å². The van der Waals surface area contributed by atoms with Crippen LogP contribution in [0.25, 0.3) is 5.69 Å². The normalized spacial score (nSPS) is 10.6. The van der Waals surface area contributed by atoms with E-state index in [0.29, 0.717) is 13.0 Å². The Morgan fingerprint density at radius 3 is 2.77 bits per heavy atom. The molecular formula is C16H16N4OS. The van der Waals surface area contributed by atoms with Crippen molar-refractivity contribution in [3.8, 4) is 5.69 Å². The number of nitrogens with zero attached hydrogens (tertiary/aromatic N) is 3. The molecule has 0 saturated heterocycles. The third kappa shape index (κ3) is 3.59. The minimum absolute atomic E-state index is 0.0119. The van der Waals surface area contributed by atoms with Gasteiger partial charge in [-0.25, -0.2) is 9.67 Å². The van der Waals surface area contributed by atoms with Crippen molar-refractivity contribution in [2.45, 2.75) is 19.9 Å². The molecule has 0 atom stereocenters. The van der Waals surface area contributed by atoms with Crippen molar-refractivity contribution >= 4 is 17.2 Å². The summed E-state index contributed by atoms with van der Waals surface area (Å²) < 4.78 is 1.79. The Morgan fingerprint density at radius 1 is 1.32 bits per heavy atom. The zero-order chi connectivity index (χ0) is 15.4. The van der Waals surface area contributed by atoms with Gasteiger partial charge in [-0.05, 0) is 30.7 Å². The Kier molecular flexibility index (Phi) is 4.29. The minimum Gasteiger partial charge on any atom is -0.351 e. The largest absolute Gasteiger partial charge is 0.351 e. The quantitative estimate of drug-likeness (QED) is 0.787. The molecule has 1 amide bonds. The zero-order valence-electron chi connectivity index (χ0n) is 12.2. The molecular weight excluding hydrogens is 296 g/mol. The van der Waals surface area contributed by atoms with E-state index in [1.165, 1.54) is 0 Å². The summed E-state index contributed by atoms with van der Waals surface area (Å²) in [5, 5.41) is 8.10. The zero-order valence-corrected chi connectivity index (χ0v) is 13.0. The van der Waals surface area contributed by atoms with Gasteiger partial charge in [0.25, 0.3) is 0 Å². The Bertz CT molecular complexity index is 747. The van der Waals surface area contributed by atoms with Crippen molar-refractivity contribution in [3.05, 3.63) is 64.4 Å². The summed E-state index contributed by atoms with van der Waals surface area (Å²) >= 11 is 1.60. The first-order chi connectivity index (χ1) is 10.7. The van der Waals surface area contributed by atoms with Gasteiger partial charge < -0.3 is 5.32 Å². The molecule has 6 heteroatoms. The third-order valence-corrected chi connectivity index (χ3v) is 4.11. The molecule has 0 spiro atoms. The molecule has 0 aliphatic rings. The number of hydrogen-bond acceptors (Lipinski definition) is 4. The lowest BCUT2D eigenvalue weighted by atomic mass is 10.1. The molecule has 1 N–H and O–H groups in total. The number of rotatable bonds is 5. The second-order valence-corrected chi connectivity index (χ2v) is 6.24. The van der Waals surface area contributed by atoms with E-state index in [1.54, 1.807) is 28.4 Å². The van der Waals surface area contributed by atoms with Crippen LogP contribution < -0.4 is 5.32 Å². The Balaban J connectivity index is 1.55. The fraction of sp³-hybridized carbons (Fsp3) is 0.188. The van der Waals surface area contributed by atoms with Crippen LogP contribution in [0, 0.1) is 6.92 Å². The van der Waals surface area contributed by atoms with Crippen LogP contribution in [0.1, 0.15) is 15.4 Å². The van der Waals surface area contributed by atoms with Crippen LogP contribution in [0.4, 0.5) is 0 Å². The number of nitrogens with one attached hydrogen (secondary N) is 1. The fourth-order valence-electron chi connectivity index (χ4n) is 2.11. The highest BCUT2D eigenvalue weighted by Crippen LogP contribution is 2.11. The predicted molar refractivity (Wildman–Crippen MR) is 86.0 cm³/mol. The molecule has 2 heterocycles. The highest BCUT2D eigenvalue weighted by atomic mass is 32.1. The lowest BCUT2D eigenvalue weighted by Crippen LogP contribution is -2.24. The van der Waals surface area contributed by atoms with Gasteiger partial charge in [-0.2, -0.15) is 5.10 Å². The summed E-state index contributed by atoms with van der Waals surface area (Å²) in [5.74, 6) is 0.0119. The van der Waals surface area contributed by atoms with E-state index in [0.717, 1.165) is 21.1 Å². The number of aryl methyl sites for hydroxylation is 1. The van der Waals surface area contributed by atoms with Crippen molar-refractivity contribution in [3.63, 3.8) is 0 Å². The summed E-state index contributed by atoms with van der Waals surface area (Å²) in [7, 11) is 0. The van der Waals surface area contributed by atoms with Crippen LogP contribution in [-0.2, 0) is 17.8 Å². The first kappa shape index (κ1) is 14.5. The molecule has 0 unspecified atom stereocenters. The maximum atomic E-state index is 12.0. The van der Waals surface area contributed by atoms with Crippen molar-refractivity contribution in [1.29, 1.82) is 0 Å². The number of amides is 1. The van der Waals surface area contributed by atoms with E-state index >= 15 is 0 Å². The number of carbonyl (C=O) groups excluding carboxylic acids is 1. The summed E-state index contributed by atoms with van der Waals surface area (Å²) in [6.45, 7) is 2.49. The average molecular weight is 312 g/mol. The van der Waals surface area contributed by atoms with Crippen LogP contribution in [0.3, 0.4) is 0 Å². The maximum absolute atomic E-state index is 12.0. The second-order valence-electron chi connectivity index (χ2n) is 4.92. The molecule has 0 radical (unpaired) electrons. The number of thiazole rings is 1. The lowest BCUT2D eigenvalue weighted by Gasteiger charge is -2.05. The average Bonchev–Trinajstić information content (AvgIpc) is 3.17. The van der Waals surface area contributed by atoms with Crippen LogP contribution >= 0.6 is 11.3 Å². The lowest BCUT2D eigenvalue weighted by molar-refractivity contribution is -0.120. The summed E-state index contributed by atoms with van der Waals surface area (Å²) in [5.41, 5.74) is 1.96. The van der Waals surface area contributed by atoms with E-state index in [2.05, 4.69) is 15.4 Å². The number of carbonyl (C=O) groups is 1. The molecule has 0 saturated carbocycles. The Morgan fingerprint density at radius 2 is 2.14 bits per heavy atom. The Labute approximate surface area is 132 Å². The Hall–Kier alpha value is -2.47. The van der Waals surface area contributed by atoms with E-state index < -0.39 is 0 Å². The minimum atomic E-state index is 0.0119. The van der Waals surface area contributed by atoms with Gasteiger partial charge in [0, 0.05) is 23.5 Å². The number of benzene rings is 1. The van der Waals surface area contributed by atoms with Crippen LogP contribution in [0.2, 0.25) is 0 Å². The van der Waals surface area contributed by atoms with Gasteiger partial charge in [0.1, 0.15) is 0 Å². The molecule has 1 aromatic carbocycles. The van der Waals surface area contributed by atoms with Crippen molar-refractivity contribution in [1.82, 2.24) is 20.1 Å². The molecule has 0 aliphatic carbocycles. The second kappa shape index (κ2) is 6.53. The highest BCUT2D eigenvalue weighted by Gasteiger charge is 2.05. The molecule has 22 heavy (non-hydrogen) atoms. The predicted octanol–water partition coefficient (Wildman–Crippen LogP) is 2.50. The molecule has 3 rings (SSSR count). The molecule has 0 fully saturated rings. The first-order valence-electron chi connectivity index (χ1n) is 6.98. The molecule has 112 valence electrons. The van der Waals surface area contributed by atoms with Crippen molar-refractivity contribution < 1.29 is 4.79 Å². The topological polar surface area (TPSA) is 59.8 Å². The fourth-order valence-corrected chi connectivity index (χ4v) is 2.84. The third-order valence-electron chi connectivity index (χ3n) is 3.20. The number of aromatic nitrogens is 3. The smallest absolute Gasteiger partial charge is 0.224 e. The standard InChI is InChI=1S/C16H16N4OS/c1-12-17-10-15(22-12)11-18-16(21)9-13-3-5-14(6-4-13)20-8-2-7-19-20/h2-8,10H,9,11H2,1H3,(H,18,21). The first-order valence-corrected chi connectivity index (χ1v) is 7.79. The van der Waals surface area contributed by atoms with Gasteiger partial charge in [-0.3, -0.25) is 4.79 Å². The van der Waals surface area contributed by atoms with E-state index in [9.17, 15) is 4.79 Å². The van der Waals surface area contributed by atoms with Gasteiger partial charge in [-0.1, -0.05) is 12.1 Å². The van der Waals surface area contributed by atoms with E-state index in [-0.39, 0.29) is 5.91 Å². The molecule has 3 aromatic rings. The number of hydrogen-bond donors (Lipinski definition) is 1. The summed E-state index contributed by atoms with van der Waals surface area (Å²) in [4.78, 5) is 17.2. The van der Waals surface area contributed by atoms with Gasteiger partial charge in [0.15, 0.2) is 0 Å². The van der Waals surface area contributed by atoms with E-state index in [1.807, 2.05) is 43.5 Å². The van der Waals surface area contributed by atoms with Crippen molar-refractivity contribution in [2.24, 2.45) is 0 Å². The van der Waals surface area contributed by atoms with Gasteiger partial charge >= 0.3 is 0 Å². The monoisotopic (exact) mass is 312 g/mol. The van der Waals surface area contributed by atoms with Gasteiger partial charge in [-0.15, -0.1) is 11.3 Å². The molecule has 0 aliphatic heterocycles.